The molecule has 1 N–H and O–H groups in total. The van der Waals surface area contributed by atoms with E-state index in [1.165, 1.54) is 0 Å². The molecule has 0 aromatic heterocycles. The summed E-state index contributed by atoms with van der Waals surface area (Å²) >= 11 is 0. The van der Waals surface area contributed by atoms with Crippen molar-refractivity contribution in [2.45, 2.75) is 5.25 Å². The van der Waals surface area contributed by atoms with Gasteiger partial charge < -0.3 is 0 Å². The first-order valence-electron chi connectivity index (χ1n) is 4.42. The van der Waals surface area contributed by atoms with Crippen LogP contribution in [0.15, 0.2) is 42.5 Å². The summed E-state index contributed by atoms with van der Waals surface area (Å²) in [5, 5.41) is -1.03. The largest absolute Gasteiger partial charge is 0.285 e. The fourth-order valence-electron chi connectivity index (χ4n) is 1.74. The molecule has 0 amide bonds. The van der Waals surface area contributed by atoms with Gasteiger partial charge in [-0.3, -0.25) is 4.55 Å². The Balaban J connectivity index is 0.00000128. The second-order valence-corrected chi connectivity index (χ2v) is 4.93. The van der Waals surface area contributed by atoms with Crippen LogP contribution in [0.1, 0.15) is 16.4 Å². The Labute approximate surface area is 117 Å². The molecule has 0 aliphatic heterocycles. The van der Waals surface area contributed by atoms with Crippen molar-refractivity contribution < 1.29 is 13.0 Å². The van der Waals surface area contributed by atoms with Gasteiger partial charge in [0, 0.05) is 29.6 Å². The molecule has 0 saturated heterocycles. The van der Waals surface area contributed by atoms with Crippen molar-refractivity contribution in [1.82, 2.24) is 0 Å². The van der Waals surface area contributed by atoms with E-state index in [1.54, 1.807) is 30.4 Å². The van der Waals surface area contributed by atoms with E-state index in [-0.39, 0.29) is 29.6 Å². The molecule has 0 saturated carbocycles. The zero-order chi connectivity index (χ0) is 11.1. The van der Waals surface area contributed by atoms with Crippen molar-refractivity contribution in [2.24, 2.45) is 0 Å². The van der Waals surface area contributed by atoms with Crippen LogP contribution in [0, 0.1) is 0 Å². The molecule has 2 rings (SSSR count). The fourth-order valence-corrected chi connectivity index (χ4v) is 2.73. The van der Waals surface area contributed by atoms with Gasteiger partial charge in [0.05, 0.1) is 0 Å². The first-order valence-corrected chi connectivity index (χ1v) is 5.92. The molecule has 1 aromatic carbocycles. The maximum absolute atomic E-state index is 11.2. The van der Waals surface area contributed by atoms with Crippen molar-refractivity contribution in [3.05, 3.63) is 53.6 Å². The van der Waals surface area contributed by atoms with Gasteiger partial charge in [-0.1, -0.05) is 43.0 Å². The molecule has 1 aliphatic carbocycles. The van der Waals surface area contributed by atoms with Gasteiger partial charge in [-0.15, -0.1) is 0 Å². The van der Waals surface area contributed by atoms with E-state index in [0.29, 0.717) is 11.1 Å². The summed E-state index contributed by atoms with van der Waals surface area (Å²) in [6.45, 7) is 3.63. The van der Waals surface area contributed by atoms with Gasteiger partial charge in [0.25, 0.3) is 10.1 Å². The summed E-state index contributed by atoms with van der Waals surface area (Å²) in [6, 6.07) is 7.04. The number of fused-ring (bicyclic) bond motifs is 1. The van der Waals surface area contributed by atoms with Crippen LogP contribution in [0.4, 0.5) is 0 Å². The number of hydrogen-bond acceptors (Lipinski definition) is 2. The Bertz CT molecular complexity index is 546. The normalized spacial score (nSPS) is 18.8. The summed E-state index contributed by atoms with van der Waals surface area (Å²) in [4.78, 5) is 0. The van der Waals surface area contributed by atoms with Crippen molar-refractivity contribution in [2.75, 3.05) is 0 Å². The zero-order valence-electron chi connectivity index (χ0n) is 8.92. The Kier molecular flexibility index (Phi) is 4.15. The van der Waals surface area contributed by atoms with Gasteiger partial charge in [-0.2, -0.15) is 8.42 Å². The maximum Gasteiger partial charge on any atom is 0.276 e. The van der Waals surface area contributed by atoms with E-state index in [0.717, 1.165) is 5.56 Å². The van der Waals surface area contributed by atoms with E-state index < -0.39 is 15.4 Å². The molecule has 16 heavy (non-hydrogen) atoms. The Morgan fingerprint density at radius 1 is 1.19 bits per heavy atom. The van der Waals surface area contributed by atoms with Gasteiger partial charge >= 0.3 is 0 Å². The van der Waals surface area contributed by atoms with Crippen LogP contribution >= 0.6 is 0 Å². The molecule has 79 valence electrons. The minimum atomic E-state index is -4.14. The number of benzene rings is 1. The van der Waals surface area contributed by atoms with Gasteiger partial charge in [0.1, 0.15) is 5.25 Å². The van der Waals surface area contributed by atoms with Crippen LogP contribution in [0.25, 0.3) is 6.08 Å². The van der Waals surface area contributed by atoms with Crippen LogP contribution in [0.5, 0.6) is 0 Å². The van der Waals surface area contributed by atoms with Crippen LogP contribution < -0.4 is 0 Å². The minimum absolute atomic E-state index is 0. The molecule has 0 spiro atoms. The first kappa shape index (κ1) is 13.7. The number of rotatable bonds is 1. The van der Waals surface area contributed by atoms with E-state index >= 15 is 0 Å². The van der Waals surface area contributed by atoms with E-state index in [9.17, 15) is 8.42 Å². The van der Waals surface area contributed by atoms with E-state index in [4.69, 9.17) is 4.55 Å². The van der Waals surface area contributed by atoms with Crippen LogP contribution in [0.2, 0.25) is 0 Å². The van der Waals surface area contributed by atoms with Crippen molar-refractivity contribution in [3.8, 4) is 0 Å². The Morgan fingerprint density at radius 2 is 1.81 bits per heavy atom. The quantitative estimate of drug-likeness (QED) is 0.606. The van der Waals surface area contributed by atoms with Crippen LogP contribution in [0.3, 0.4) is 0 Å². The summed E-state index contributed by atoms with van der Waals surface area (Å²) in [5.74, 6) is 0. The summed E-state index contributed by atoms with van der Waals surface area (Å²) < 4.78 is 31.6. The third-order valence-corrected chi connectivity index (χ3v) is 3.54. The molecular weight excluding hydrogens is 235 g/mol. The summed E-state index contributed by atoms with van der Waals surface area (Å²) in [5.41, 5.74) is 1.76. The molecule has 1 radical (unpaired) electrons. The number of allylic oxidation sites excluding steroid dienone is 1. The van der Waals surface area contributed by atoms with E-state index in [2.05, 4.69) is 6.58 Å². The molecule has 3 nitrogen and oxygen atoms in total. The number of hydrogen-bond donors (Lipinski definition) is 1. The topological polar surface area (TPSA) is 54.4 Å². The molecule has 1 aromatic rings. The average Bonchev–Trinajstić information content (AvgIpc) is 2.15. The van der Waals surface area contributed by atoms with Gasteiger partial charge in [0.2, 0.25) is 0 Å². The standard InChI is InChI=1S/C11H10O3S.Na/c1-8-6-7-9-4-2-3-5-10(9)11(8)15(12,13)14;/h2-7,11H,1H2,(H,12,13,14);. The second kappa shape index (κ2) is 4.85. The third-order valence-electron chi connectivity index (χ3n) is 2.39. The molecule has 1 aliphatic rings. The van der Waals surface area contributed by atoms with Crippen LogP contribution in [-0.2, 0) is 10.1 Å². The predicted octanol–water partition coefficient (Wildman–Crippen LogP) is 1.82. The SMILES string of the molecule is C=C1C=Cc2ccccc2C1S(=O)(=O)O.[Na]. The fraction of sp³-hybridized carbons (Fsp3) is 0.0909. The molecular formula is C11H10NaO3S. The van der Waals surface area contributed by atoms with E-state index in [1.807, 2.05) is 6.07 Å². The van der Waals surface area contributed by atoms with Crippen molar-refractivity contribution >= 4 is 45.8 Å². The summed E-state index contributed by atoms with van der Waals surface area (Å²) in [7, 11) is -4.14. The molecule has 0 fully saturated rings. The predicted molar refractivity (Wildman–Crippen MR) is 64.7 cm³/mol. The Hall–Kier alpha value is -0.390. The molecule has 1 atom stereocenters. The monoisotopic (exact) mass is 245 g/mol. The second-order valence-electron chi connectivity index (χ2n) is 3.43. The zero-order valence-corrected chi connectivity index (χ0v) is 11.7. The van der Waals surface area contributed by atoms with Crippen LogP contribution in [-0.4, -0.2) is 42.5 Å². The molecule has 0 bridgehead atoms. The average molecular weight is 245 g/mol. The summed E-state index contributed by atoms with van der Waals surface area (Å²) in [6.07, 6.45) is 3.40. The van der Waals surface area contributed by atoms with Gasteiger partial charge in [-0.05, 0) is 16.7 Å². The smallest absolute Gasteiger partial charge is 0.276 e. The Morgan fingerprint density at radius 3 is 2.44 bits per heavy atom. The molecule has 5 heteroatoms. The van der Waals surface area contributed by atoms with Crippen molar-refractivity contribution in [3.63, 3.8) is 0 Å². The minimum Gasteiger partial charge on any atom is -0.285 e. The first-order chi connectivity index (χ1) is 7.00. The van der Waals surface area contributed by atoms with Gasteiger partial charge in [0.15, 0.2) is 0 Å². The molecule has 0 heterocycles. The van der Waals surface area contributed by atoms with Gasteiger partial charge in [-0.25, -0.2) is 0 Å². The maximum atomic E-state index is 11.2. The third kappa shape index (κ3) is 2.47. The molecule has 1 unspecified atom stereocenters. The van der Waals surface area contributed by atoms with Crippen molar-refractivity contribution in [1.29, 1.82) is 0 Å².